The molecule has 8 rings (SSSR count). The summed E-state index contributed by atoms with van der Waals surface area (Å²) in [4.78, 5) is 18.4. The lowest BCUT2D eigenvalue weighted by molar-refractivity contribution is 1.26. The van der Waals surface area contributed by atoms with Crippen LogP contribution >= 0.6 is 11.3 Å². The van der Waals surface area contributed by atoms with Crippen molar-refractivity contribution < 1.29 is 0 Å². The molecule has 0 fully saturated rings. The number of aromatic nitrogens is 4. The molecule has 0 aliphatic heterocycles. The number of rotatable bonds is 4. The van der Waals surface area contributed by atoms with Crippen LogP contribution in [0.25, 0.3) is 76.0 Å². The number of hydrogen-bond donors (Lipinski definition) is 0. The summed E-state index contributed by atoms with van der Waals surface area (Å²) in [5.74, 6) is 0. The predicted octanol–water partition coefficient (Wildman–Crippen LogP) is 9.20. The molecule has 45 heavy (non-hydrogen) atoms. The highest BCUT2D eigenvalue weighted by Crippen LogP contribution is 2.43. The molecule has 0 saturated heterocycles. The molecule has 8 aromatic rings. The highest BCUT2D eigenvalue weighted by atomic mass is 32.1. The summed E-state index contributed by atoms with van der Waals surface area (Å²) in [5.41, 5.74) is 7.96. The van der Waals surface area contributed by atoms with Crippen molar-refractivity contribution >= 4 is 42.3 Å². The van der Waals surface area contributed by atoms with Crippen LogP contribution in [0.4, 0.5) is 0 Å². The standard InChI is InChI=1S/C38H20N6S/c39-17-23-13-26(21-41-19-23)33-8-3-7-32(43-33)25-11-12-30-36(15-25)45-37-16-31(28-5-1-2-6-29(28)38(30)37)35-10-4-9-34(44-35)27-14-24(18-40)20-42-22-27/h1-16,19-22H. The van der Waals surface area contributed by atoms with Crippen LogP contribution in [-0.4, -0.2) is 19.9 Å². The minimum atomic E-state index is 0.503. The molecular weight excluding hydrogens is 573 g/mol. The molecule has 0 bridgehead atoms. The Labute approximate surface area is 262 Å². The summed E-state index contributed by atoms with van der Waals surface area (Å²) >= 11 is 1.76. The molecule has 0 radical (unpaired) electrons. The maximum Gasteiger partial charge on any atom is 0.101 e. The number of nitriles is 2. The molecule has 0 atom stereocenters. The summed E-state index contributed by atoms with van der Waals surface area (Å²) < 4.78 is 2.35. The number of benzene rings is 3. The molecule has 0 spiro atoms. The molecule has 0 N–H and O–H groups in total. The van der Waals surface area contributed by atoms with Crippen LogP contribution in [0.15, 0.2) is 122 Å². The van der Waals surface area contributed by atoms with E-state index in [4.69, 9.17) is 9.97 Å². The van der Waals surface area contributed by atoms with Crippen LogP contribution in [0.5, 0.6) is 0 Å². The van der Waals surface area contributed by atoms with Gasteiger partial charge < -0.3 is 0 Å². The van der Waals surface area contributed by atoms with E-state index in [0.29, 0.717) is 11.1 Å². The van der Waals surface area contributed by atoms with Crippen molar-refractivity contribution in [3.05, 3.63) is 133 Å². The van der Waals surface area contributed by atoms with Gasteiger partial charge in [0.05, 0.1) is 33.9 Å². The van der Waals surface area contributed by atoms with E-state index < -0.39 is 0 Å². The lowest BCUT2D eigenvalue weighted by Crippen LogP contribution is -1.91. The highest BCUT2D eigenvalue weighted by molar-refractivity contribution is 7.26. The molecule has 0 aliphatic carbocycles. The quantitative estimate of drug-likeness (QED) is 0.202. The number of fused-ring (bicyclic) bond motifs is 5. The van der Waals surface area contributed by atoms with Crippen molar-refractivity contribution in [3.8, 4) is 57.2 Å². The Morgan fingerprint density at radius 1 is 0.489 bits per heavy atom. The topological polar surface area (TPSA) is 99.1 Å². The SMILES string of the molecule is N#Cc1cncc(-c2cccc(-c3ccc4c(c3)sc3cc(-c5cccc(-c6cncc(C#N)c6)n5)c5ccccc5c34)n2)c1. The van der Waals surface area contributed by atoms with E-state index in [1.807, 2.05) is 48.5 Å². The molecule has 0 saturated carbocycles. The van der Waals surface area contributed by atoms with E-state index in [-0.39, 0.29) is 0 Å². The summed E-state index contributed by atoms with van der Waals surface area (Å²) in [7, 11) is 0. The summed E-state index contributed by atoms with van der Waals surface area (Å²) in [5, 5.41) is 23.4. The van der Waals surface area contributed by atoms with Gasteiger partial charge in [-0.05, 0) is 59.3 Å². The average Bonchev–Trinajstić information content (AvgIpc) is 3.49. The van der Waals surface area contributed by atoms with Crippen LogP contribution < -0.4 is 0 Å². The zero-order valence-corrected chi connectivity index (χ0v) is 24.5. The van der Waals surface area contributed by atoms with Gasteiger partial charge in [0.15, 0.2) is 0 Å². The highest BCUT2D eigenvalue weighted by Gasteiger charge is 2.16. The Hall–Kier alpha value is -6.28. The summed E-state index contributed by atoms with van der Waals surface area (Å²) in [6, 6.07) is 37.1. The maximum absolute atomic E-state index is 9.35. The van der Waals surface area contributed by atoms with E-state index in [9.17, 15) is 10.5 Å². The van der Waals surface area contributed by atoms with E-state index in [2.05, 4.69) is 70.6 Å². The first-order chi connectivity index (χ1) is 22.2. The number of nitrogens with zero attached hydrogens (tertiary/aromatic N) is 6. The van der Waals surface area contributed by atoms with Gasteiger partial charge in [-0.25, -0.2) is 9.97 Å². The van der Waals surface area contributed by atoms with Crippen LogP contribution in [0.3, 0.4) is 0 Å². The van der Waals surface area contributed by atoms with E-state index >= 15 is 0 Å². The van der Waals surface area contributed by atoms with Crippen LogP contribution in [-0.2, 0) is 0 Å². The molecule has 5 heterocycles. The molecule has 0 aliphatic rings. The fourth-order valence-corrected chi connectivity index (χ4v) is 7.00. The first-order valence-electron chi connectivity index (χ1n) is 14.2. The first-order valence-corrected chi connectivity index (χ1v) is 15.0. The Bertz CT molecular complexity index is 2540. The second kappa shape index (κ2) is 10.8. The lowest BCUT2D eigenvalue weighted by atomic mass is 9.96. The van der Waals surface area contributed by atoms with Gasteiger partial charge in [-0.1, -0.05) is 48.5 Å². The molecule has 208 valence electrons. The third kappa shape index (κ3) is 4.65. The van der Waals surface area contributed by atoms with Crippen LogP contribution in [0.2, 0.25) is 0 Å². The number of thiophene rings is 1. The largest absolute Gasteiger partial charge is 0.263 e. The van der Waals surface area contributed by atoms with Crippen LogP contribution in [0.1, 0.15) is 11.1 Å². The number of pyridine rings is 4. The Morgan fingerprint density at radius 3 is 1.76 bits per heavy atom. The second-order valence-electron chi connectivity index (χ2n) is 10.6. The summed E-state index contributed by atoms with van der Waals surface area (Å²) in [6.07, 6.45) is 6.58. The Kier molecular flexibility index (Phi) is 6.31. The smallest absolute Gasteiger partial charge is 0.101 e. The molecular formula is C38H20N6S. The normalized spacial score (nSPS) is 11.1. The fourth-order valence-electron chi connectivity index (χ4n) is 5.80. The van der Waals surface area contributed by atoms with Crippen molar-refractivity contribution in [2.24, 2.45) is 0 Å². The zero-order valence-electron chi connectivity index (χ0n) is 23.6. The van der Waals surface area contributed by atoms with Crippen molar-refractivity contribution in [2.75, 3.05) is 0 Å². The van der Waals surface area contributed by atoms with Gasteiger partial charge in [0.2, 0.25) is 0 Å². The monoisotopic (exact) mass is 592 g/mol. The van der Waals surface area contributed by atoms with Gasteiger partial charge in [-0.2, -0.15) is 10.5 Å². The van der Waals surface area contributed by atoms with E-state index in [1.54, 1.807) is 36.1 Å². The van der Waals surface area contributed by atoms with Crippen molar-refractivity contribution in [3.63, 3.8) is 0 Å². The van der Waals surface area contributed by atoms with Crippen LogP contribution in [0, 0.1) is 22.7 Å². The van der Waals surface area contributed by atoms with Gasteiger partial charge in [-0.3, -0.25) is 9.97 Å². The number of hydrogen-bond acceptors (Lipinski definition) is 7. The zero-order chi connectivity index (χ0) is 30.3. The van der Waals surface area contributed by atoms with Crippen molar-refractivity contribution in [1.29, 1.82) is 10.5 Å². The molecule has 3 aromatic carbocycles. The third-order valence-electron chi connectivity index (χ3n) is 7.88. The van der Waals surface area contributed by atoms with Gasteiger partial charge in [0.25, 0.3) is 0 Å². The molecule has 6 nitrogen and oxygen atoms in total. The van der Waals surface area contributed by atoms with Gasteiger partial charge in [0, 0.05) is 67.2 Å². The Balaban J connectivity index is 1.26. The average molecular weight is 593 g/mol. The lowest BCUT2D eigenvalue weighted by Gasteiger charge is -2.10. The summed E-state index contributed by atoms with van der Waals surface area (Å²) in [6.45, 7) is 0. The second-order valence-corrected chi connectivity index (χ2v) is 11.7. The van der Waals surface area contributed by atoms with E-state index in [1.165, 1.54) is 25.6 Å². The maximum atomic E-state index is 9.35. The van der Waals surface area contributed by atoms with Crippen molar-refractivity contribution in [1.82, 2.24) is 19.9 Å². The fraction of sp³-hybridized carbons (Fsp3) is 0. The molecule has 0 unspecified atom stereocenters. The Morgan fingerprint density at radius 2 is 1.09 bits per heavy atom. The molecule has 5 aromatic heterocycles. The van der Waals surface area contributed by atoms with E-state index in [0.717, 1.165) is 50.4 Å². The first kappa shape index (κ1) is 26.4. The van der Waals surface area contributed by atoms with Crippen molar-refractivity contribution in [2.45, 2.75) is 0 Å². The minimum Gasteiger partial charge on any atom is -0.263 e. The van der Waals surface area contributed by atoms with Gasteiger partial charge in [0.1, 0.15) is 12.1 Å². The third-order valence-corrected chi connectivity index (χ3v) is 8.97. The predicted molar refractivity (Wildman–Crippen MR) is 179 cm³/mol. The van der Waals surface area contributed by atoms with Gasteiger partial charge >= 0.3 is 0 Å². The minimum absolute atomic E-state index is 0.503. The molecule has 7 heteroatoms. The van der Waals surface area contributed by atoms with Gasteiger partial charge in [-0.15, -0.1) is 11.3 Å². The molecule has 0 amide bonds.